The number of pyridine rings is 1. The standard InChI is InChI=1S/C15H15FN2O3/c1-9-5-12(20-2)7-11(18-9)8-21-15(19)13-4-3-10(16)6-14(13)17/h3-7H,8,17H2,1-2H3. The van der Waals surface area contributed by atoms with Crippen molar-refractivity contribution in [1.82, 2.24) is 4.98 Å². The third-order valence-corrected chi connectivity index (χ3v) is 2.80. The zero-order valence-electron chi connectivity index (χ0n) is 11.7. The number of halogens is 1. The lowest BCUT2D eigenvalue weighted by Crippen LogP contribution is -2.09. The number of rotatable bonds is 4. The minimum Gasteiger partial charge on any atom is -0.497 e. The summed E-state index contributed by atoms with van der Waals surface area (Å²) in [6.07, 6.45) is 0. The predicted molar refractivity (Wildman–Crippen MR) is 75.5 cm³/mol. The lowest BCUT2D eigenvalue weighted by molar-refractivity contribution is 0.0468. The van der Waals surface area contributed by atoms with E-state index in [1.54, 1.807) is 19.2 Å². The molecule has 0 amide bonds. The van der Waals surface area contributed by atoms with Gasteiger partial charge in [0.15, 0.2) is 0 Å². The number of hydrogen-bond acceptors (Lipinski definition) is 5. The highest BCUT2D eigenvalue weighted by Gasteiger charge is 2.12. The van der Waals surface area contributed by atoms with Gasteiger partial charge in [0.05, 0.1) is 18.4 Å². The number of carbonyl (C=O) groups is 1. The van der Waals surface area contributed by atoms with Gasteiger partial charge >= 0.3 is 5.97 Å². The van der Waals surface area contributed by atoms with Gasteiger partial charge in [-0.25, -0.2) is 9.18 Å². The van der Waals surface area contributed by atoms with Crippen molar-refractivity contribution < 1.29 is 18.7 Å². The summed E-state index contributed by atoms with van der Waals surface area (Å²) in [5.41, 5.74) is 7.05. The highest BCUT2D eigenvalue weighted by Crippen LogP contribution is 2.17. The number of aromatic nitrogens is 1. The molecule has 110 valence electrons. The summed E-state index contributed by atoms with van der Waals surface area (Å²) in [7, 11) is 1.55. The van der Waals surface area contributed by atoms with Crippen LogP contribution in [0.15, 0.2) is 30.3 Å². The van der Waals surface area contributed by atoms with Crippen LogP contribution in [0.5, 0.6) is 5.75 Å². The van der Waals surface area contributed by atoms with Crippen molar-refractivity contribution in [1.29, 1.82) is 0 Å². The van der Waals surface area contributed by atoms with Gasteiger partial charge < -0.3 is 15.2 Å². The molecule has 0 spiro atoms. The first-order chi connectivity index (χ1) is 9.99. The van der Waals surface area contributed by atoms with Gasteiger partial charge in [-0.3, -0.25) is 4.98 Å². The molecule has 0 aliphatic carbocycles. The van der Waals surface area contributed by atoms with Crippen LogP contribution in [-0.2, 0) is 11.3 Å². The van der Waals surface area contributed by atoms with E-state index >= 15 is 0 Å². The Morgan fingerprint density at radius 3 is 2.76 bits per heavy atom. The summed E-state index contributed by atoms with van der Waals surface area (Å²) >= 11 is 0. The van der Waals surface area contributed by atoms with Crippen molar-refractivity contribution in [3.8, 4) is 5.75 Å². The molecule has 0 bridgehead atoms. The number of carbonyl (C=O) groups excluding carboxylic acids is 1. The van der Waals surface area contributed by atoms with E-state index in [9.17, 15) is 9.18 Å². The molecule has 1 aromatic carbocycles. The maximum Gasteiger partial charge on any atom is 0.340 e. The molecule has 2 N–H and O–H groups in total. The van der Waals surface area contributed by atoms with Crippen LogP contribution in [0.4, 0.5) is 10.1 Å². The Kier molecular flexibility index (Phi) is 4.37. The second kappa shape index (κ2) is 6.21. The molecule has 0 saturated carbocycles. The van der Waals surface area contributed by atoms with Gasteiger partial charge in [0, 0.05) is 23.5 Å². The maximum absolute atomic E-state index is 12.9. The van der Waals surface area contributed by atoms with E-state index in [2.05, 4.69) is 4.98 Å². The van der Waals surface area contributed by atoms with Gasteiger partial charge in [-0.2, -0.15) is 0 Å². The molecule has 2 aromatic rings. The van der Waals surface area contributed by atoms with Crippen LogP contribution < -0.4 is 10.5 Å². The molecular formula is C15H15FN2O3. The van der Waals surface area contributed by atoms with Crippen molar-refractivity contribution in [2.24, 2.45) is 0 Å². The number of nitrogens with two attached hydrogens (primary N) is 1. The Balaban J connectivity index is 2.09. The van der Waals surface area contributed by atoms with Crippen LogP contribution in [-0.4, -0.2) is 18.1 Å². The molecule has 0 radical (unpaired) electrons. The van der Waals surface area contributed by atoms with Crippen molar-refractivity contribution >= 4 is 11.7 Å². The highest BCUT2D eigenvalue weighted by atomic mass is 19.1. The van der Waals surface area contributed by atoms with Crippen LogP contribution >= 0.6 is 0 Å². The van der Waals surface area contributed by atoms with E-state index in [0.29, 0.717) is 11.4 Å². The normalized spacial score (nSPS) is 10.2. The molecule has 0 atom stereocenters. The Hall–Kier alpha value is -2.63. The van der Waals surface area contributed by atoms with Gasteiger partial charge in [-0.05, 0) is 25.1 Å². The van der Waals surface area contributed by atoms with E-state index in [1.807, 2.05) is 6.92 Å². The fourth-order valence-electron chi connectivity index (χ4n) is 1.83. The molecule has 1 aromatic heterocycles. The third-order valence-electron chi connectivity index (χ3n) is 2.80. The Morgan fingerprint density at radius 1 is 1.33 bits per heavy atom. The maximum atomic E-state index is 12.9. The monoisotopic (exact) mass is 290 g/mol. The molecule has 21 heavy (non-hydrogen) atoms. The average molecular weight is 290 g/mol. The van der Waals surface area contributed by atoms with Crippen LogP contribution in [0.3, 0.4) is 0 Å². The number of hydrogen-bond donors (Lipinski definition) is 1. The fourth-order valence-corrected chi connectivity index (χ4v) is 1.83. The largest absolute Gasteiger partial charge is 0.497 e. The lowest BCUT2D eigenvalue weighted by Gasteiger charge is -2.08. The number of benzene rings is 1. The minimum absolute atomic E-state index is 0.0201. The summed E-state index contributed by atoms with van der Waals surface area (Å²) in [4.78, 5) is 16.1. The number of methoxy groups -OCH3 is 1. The van der Waals surface area contributed by atoms with Gasteiger partial charge in [-0.15, -0.1) is 0 Å². The van der Waals surface area contributed by atoms with Crippen LogP contribution in [0.2, 0.25) is 0 Å². The molecular weight excluding hydrogens is 275 g/mol. The molecule has 6 heteroatoms. The summed E-state index contributed by atoms with van der Waals surface area (Å²) in [6, 6.07) is 6.96. The first kappa shape index (κ1) is 14.8. The van der Waals surface area contributed by atoms with Crippen LogP contribution in [0.25, 0.3) is 0 Å². The minimum atomic E-state index is -0.630. The molecule has 1 heterocycles. The topological polar surface area (TPSA) is 74.4 Å². The van der Waals surface area contributed by atoms with E-state index in [1.165, 1.54) is 6.07 Å². The highest BCUT2D eigenvalue weighted by molar-refractivity contribution is 5.94. The molecule has 0 fully saturated rings. The van der Waals surface area contributed by atoms with Crippen molar-refractivity contribution in [2.45, 2.75) is 13.5 Å². The Bertz CT molecular complexity index is 674. The molecule has 0 saturated heterocycles. The Morgan fingerprint density at radius 2 is 2.10 bits per heavy atom. The number of aryl methyl sites for hydroxylation is 1. The van der Waals surface area contributed by atoms with Crippen molar-refractivity contribution in [2.75, 3.05) is 12.8 Å². The second-order valence-corrected chi connectivity index (χ2v) is 4.45. The first-order valence-corrected chi connectivity index (χ1v) is 6.23. The fraction of sp³-hybridized carbons (Fsp3) is 0.200. The predicted octanol–water partition coefficient (Wildman–Crippen LogP) is 2.48. The number of anilines is 1. The van der Waals surface area contributed by atoms with E-state index in [0.717, 1.165) is 17.8 Å². The lowest BCUT2D eigenvalue weighted by atomic mass is 10.2. The Labute approximate surface area is 121 Å². The molecule has 0 aliphatic heterocycles. The molecule has 0 aliphatic rings. The summed E-state index contributed by atoms with van der Waals surface area (Å²) in [5.74, 6) is -0.501. The zero-order chi connectivity index (χ0) is 15.4. The number of nitrogens with zero attached hydrogens (tertiary/aromatic N) is 1. The molecule has 0 unspecified atom stereocenters. The van der Waals surface area contributed by atoms with Crippen LogP contribution in [0.1, 0.15) is 21.7 Å². The summed E-state index contributed by atoms with van der Waals surface area (Å²) < 4.78 is 23.2. The molecule has 5 nitrogen and oxygen atoms in total. The summed E-state index contributed by atoms with van der Waals surface area (Å²) in [6.45, 7) is 1.79. The van der Waals surface area contributed by atoms with Gasteiger partial charge in [0.2, 0.25) is 0 Å². The van der Waals surface area contributed by atoms with E-state index in [4.69, 9.17) is 15.2 Å². The average Bonchev–Trinajstić information content (AvgIpc) is 2.44. The van der Waals surface area contributed by atoms with Gasteiger partial charge in [-0.1, -0.05) is 0 Å². The van der Waals surface area contributed by atoms with Crippen LogP contribution in [0, 0.1) is 12.7 Å². The smallest absolute Gasteiger partial charge is 0.340 e. The first-order valence-electron chi connectivity index (χ1n) is 6.23. The zero-order valence-corrected chi connectivity index (χ0v) is 11.7. The second-order valence-electron chi connectivity index (χ2n) is 4.45. The number of ether oxygens (including phenoxy) is 2. The van der Waals surface area contributed by atoms with Gasteiger partial charge in [0.25, 0.3) is 0 Å². The van der Waals surface area contributed by atoms with Crippen molar-refractivity contribution in [3.05, 3.63) is 53.1 Å². The SMILES string of the molecule is COc1cc(C)nc(COC(=O)c2ccc(F)cc2N)c1. The third kappa shape index (κ3) is 3.68. The van der Waals surface area contributed by atoms with Gasteiger partial charge in [0.1, 0.15) is 18.2 Å². The quantitative estimate of drug-likeness (QED) is 0.691. The number of nitrogen functional groups attached to an aromatic ring is 1. The molecule has 2 rings (SSSR count). The van der Waals surface area contributed by atoms with E-state index < -0.39 is 11.8 Å². The van der Waals surface area contributed by atoms with E-state index in [-0.39, 0.29) is 17.9 Å². The summed E-state index contributed by atoms with van der Waals surface area (Å²) in [5, 5.41) is 0. The van der Waals surface area contributed by atoms with Crippen molar-refractivity contribution in [3.63, 3.8) is 0 Å². The number of esters is 1.